The van der Waals surface area contributed by atoms with Gasteiger partial charge in [-0.2, -0.15) is 0 Å². The quantitative estimate of drug-likeness (QED) is 0.680. The standard InChI is InChI=1S/C19H22N2O2S/c1-13(22)23-12-15-7-4-5-9-19(15,18(20)24)16-10-14-6-2-3-8-17(14)21-11-16/h2-3,6,8,10-11,15H,4-5,7,9,12H2,1H3,(H2,20,24). The molecule has 1 heterocycles. The monoisotopic (exact) mass is 342 g/mol. The molecule has 0 saturated heterocycles. The normalized spacial score (nSPS) is 23.8. The van der Waals surface area contributed by atoms with Crippen LogP contribution in [0.4, 0.5) is 0 Å². The van der Waals surface area contributed by atoms with Crippen LogP contribution in [0.15, 0.2) is 36.5 Å². The number of pyridine rings is 1. The van der Waals surface area contributed by atoms with Crippen molar-refractivity contribution < 1.29 is 9.53 Å². The third kappa shape index (κ3) is 3.00. The summed E-state index contributed by atoms with van der Waals surface area (Å²) in [6.45, 7) is 1.78. The fourth-order valence-corrected chi connectivity index (χ4v) is 4.24. The molecule has 3 rings (SSSR count). The summed E-state index contributed by atoms with van der Waals surface area (Å²) in [7, 11) is 0. The zero-order valence-electron chi connectivity index (χ0n) is 13.8. The molecular formula is C19H22N2O2S. The minimum absolute atomic E-state index is 0.0932. The SMILES string of the molecule is CC(=O)OCC1CCCCC1(C(N)=S)c1cnc2ccccc2c1. The van der Waals surface area contributed by atoms with Gasteiger partial charge in [0.25, 0.3) is 0 Å². The second-order valence-corrected chi connectivity index (χ2v) is 6.94. The van der Waals surface area contributed by atoms with Crippen molar-refractivity contribution in [1.82, 2.24) is 4.98 Å². The Morgan fingerprint density at radius 1 is 1.42 bits per heavy atom. The number of hydrogen-bond donors (Lipinski definition) is 1. The van der Waals surface area contributed by atoms with Crippen molar-refractivity contribution in [2.24, 2.45) is 11.7 Å². The lowest BCUT2D eigenvalue weighted by Crippen LogP contribution is -2.50. The molecule has 1 saturated carbocycles. The van der Waals surface area contributed by atoms with E-state index in [1.807, 2.05) is 30.5 Å². The van der Waals surface area contributed by atoms with Crippen LogP contribution in [0, 0.1) is 5.92 Å². The Morgan fingerprint density at radius 2 is 2.21 bits per heavy atom. The van der Waals surface area contributed by atoms with E-state index in [-0.39, 0.29) is 11.9 Å². The number of ether oxygens (including phenoxy) is 1. The summed E-state index contributed by atoms with van der Waals surface area (Å²) in [6.07, 6.45) is 5.84. The average Bonchev–Trinajstić information content (AvgIpc) is 2.59. The predicted molar refractivity (Wildman–Crippen MR) is 98.8 cm³/mol. The number of carbonyl (C=O) groups excluding carboxylic acids is 1. The Hall–Kier alpha value is -2.01. The van der Waals surface area contributed by atoms with Gasteiger partial charge in [0.15, 0.2) is 0 Å². The Balaban J connectivity index is 2.06. The van der Waals surface area contributed by atoms with Gasteiger partial charge in [0.1, 0.15) is 0 Å². The van der Waals surface area contributed by atoms with Crippen molar-refractivity contribution in [1.29, 1.82) is 0 Å². The number of benzene rings is 1. The number of carbonyl (C=O) groups is 1. The molecule has 0 spiro atoms. The summed E-state index contributed by atoms with van der Waals surface area (Å²) < 4.78 is 5.32. The van der Waals surface area contributed by atoms with Crippen LogP contribution >= 0.6 is 12.2 Å². The molecular weight excluding hydrogens is 320 g/mol. The van der Waals surface area contributed by atoms with E-state index in [0.717, 1.165) is 42.1 Å². The van der Waals surface area contributed by atoms with E-state index >= 15 is 0 Å². The molecule has 1 aromatic carbocycles. The summed E-state index contributed by atoms with van der Waals surface area (Å²) in [4.78, 5) is 16.3. The minimum Gasteiger partial charge on any atom is -0.466 e. The van der Waals surface area contributed by atoms with Crippen molar-refractivity contribution >= 4 is 34.1 Å². The summed E-state index contributed by atoms with van der Waals surface area (Å²) in [5, 5.41) is 1.07. The van der Waals surface area contributed by atoms with Crippen molar-refractivity contribution in [2.45, 2.75) is 38.0 Å². The molecule has 0 bridgehead atoms. The second-order valence-electron chi connectivity index (χ2n) is 6.50. The van der Waals surface area contributed by atoms with E-state index in [0.29, 0.717) is 11.6 Å². The molecule has 1 aliphatic rings. The average molecular weight is 342 g/mol. The Labute approximate surface area is 147 Å². The largest absolute Gasteiger partial charge is 0.466 e. The second kappa shape index (κ2) is 6.85. The summed E-state index contributed by atoms with van der Waals surface area (Å²) in [5.41, 5.74) is 7.76. The lowest BCUT2D eigenvalue weighted by Gasteiger charge is -2.43. The molecule has 1 fully saturated rings. The van der Waals surface area contributed by atoms with Crippen LogP contribution in [0.1, 0.15) is 38.2 Å². The van der Waals surface area contributed by atoms with Crippen LogP contribution in [0.25, 0.3) is 10.9 Å². The number of para-hydroxylation sites is 1. The third-order valence-electron chi connectivity index (χ3n) is 5.10. The molecule has 126 valence electrons. The van der Waals surface area contributed by atoms with Gasteiger partial charge >= 0.3 is 5.97 Å². The molecule has 5 heteroatoms. The van der Waals surface area contributed by atoms with Crippen LogP contribution in [-0.4, -0.2) is 22.5 Å². The Morgan fingerprint density at radius 3 is 2.96 bits per heavy atom. The molecule has 0 aliphatic heterocycles. The van der Waals surface area contributed by atoms with E-state index in [1.54, 1.807) is 0 Å². The Bertz CT molecular complexity index is 777. The van der Waals surface area contributed by atoms with Gasteiger partial charge in [0.2, 0.25) is 0 Å². The number of fused-ring (bicyclic) bond motifs is 1. The first kappa shape index (κ1) is 16.8. The molecule has 2 unspecified atom stereocenters. The van der Waals surface area contributed by atoms with E-state index in [2.05, 4.69) is 11.1 Å². The number of nitrogens with two attached hydrogens (primary N) is 1. The first-order valence-corrected chi connectivity index (χ1v) is 8.73. The van der Waals surface area contributed by atoms with Gasteiger partial charge in [-0.25, -0.2) is 0 Å². The maximum Gasteiger partial charge on any atom is 0.302 e. The summed E-state index contributed by atoms with van der Waals surface area (Å²) in [6, 6.07) is 10.1. The number of hydrogen-bond acceptors (Lipinski definition) is 4. The van der Waals surface area contributed by atoms with E-state index < -0.39 is 5.41 Å². The highest BCUT2D eigenvalue weighted by Crippen LogP contribution is 2.44. The van der Waals surface area contributed by atoms with Gasteiger partial charge in [0, 0.05) is 24.4 Å². The maximum atomic E-state index is 11.3. The zero-order valence-corrected chi connectivity index (χ0v) is 14.6. The maximum absolute atomic E-state index is 11.3. The fraction of sp³-hybridized carbons (Fsp3) is 0.421. The van der Waals surface area contributed by atoms with Gasteiger partial charge in [-0.1, -0.05) is 43.3 Å². The van der Waals surface area contributed by atoms with Gasteiger partial charge in [-0.15, -0.1) is 0 Å². The molecule has 0 radical (unpaired) electrons. The number of nitrogens with zero attached hydrogens (tertiary/aromatic N) is 1. The molecule has 2 N–H and O–H groups in total. The van der Waals surface area contributed by atoms with Gasteiger partial charge in [-0.05, 0) is 30.5 Å². The summed E-state index contributed by atoms with van der Waals surface area (Å²) >= 11 is 5.50. The number of aromatic nitrogens is 1. The topological polar surface area (TPSA) is 65.2 Å². The highest BCUT2D eigenvalue weighted by molar-refractivity contribution is 7.80. The first-order valence-electron chi connectivity index (χ1n) is 8.32. The molecule has 2 aromatic rings. The molecule has 0 amide bonds. The lowest BCUT2D eigenvalue weighted by atomic mass is 9.63. The van der Waals surface area contributed by atoms with E-state index in [1.165, 1.54) is 6.92 Å². The highest BCUT2D eigenvalue weighted by atomic mass is 32.1. The predicted octanol–water partition coefficient (Wildman–Crippen LogP) is 3.51. The van der Waals surface area contributed by atoms with E-state index in [9.17, 15) is 4.79 Å². The van der Waals surface area contributed by atoms with Crippen LogP contribution < -0.4 is 5.73 Å². The fourth-order valence-electron chi connectivity index (χ4n) is 3.85. The minimum atomic E-state index is -0.458. The van der Waals surface area contributed by atoms with E-state index in [4.69, 9.17) is 22.7 Å². The molecule has 1 aromatic heterocycles. The van der Waals surface area contributed by atoms with Gasteiger partial charge in [0.05, 0.1) is 22.5 Å². The lowest BCUT2D eigenvalue weighted by molar-refractivity contribution is -0.143. The summed E-state index contributed by atoms with van der Waals surface area (Å²) in [5.74, 6) is -0.176. The Kier molecular flexibility index (Phi) is 4.81. The van der Waals surface area contributed by atoms with Crippen molar-refractivity contribution in [3.05, 3.63) is 42.1 Å². The van der Waals surface area contributed by atoms with Crippen molar-refractivity contribution in [2.75, 3.05) is 6.61 Å². The molecule has 2 atom stereocenters. The van der Waals surface area contributed by atoms with Crippen LogP contribution in [0.2, 0.25) is 0 Å². The first-order chi connectivity index (χ1) is 11.5. The number of rotatable bonds is 4. The molecule has 4 nitrogen and oxygen atoms in total. The highest BCUT2D eigenvalue weighted by Gasteiger charge is 2.45. The van der Waals surface area contributed by atoms with Gasteiger partial charge < -0.3 is 10.5 Å². The van der Waals surface area contributed by atoms with Crippen LogP contribution in [0.5, 0.6) is 0 Å². The molecule has 24 heavy (non-hydrogen) atoms. The van der Waals surface area contributed by atoms with Crippen molar-refractivity contribution in [3.8, 4) is 0 Å². The number of thiocarbonyl (C=S) groups is 1. The van der Waals surface area contributed by atoms with Gasteiger partial charge in [-0.3, -0.25) is 9.78 Å². The smallest absolute Gasteiger partial charge is 0.302 e. The van der Waals surface area contributed by atoms with Crippen LogP contribution in [0.3, 0.4) is 0 Å². The zero-order chi connectivity index (χ0) is 17.2. The third-order valence-corrected chi connectivity index (χ3v) is 5.47. The van der Waals surface area contributed by atoms with Crippen LogP contribution in [-0.2, 0) is 14.9 Å². The van der Waals surface area contributed by atoms with Crippen molar-refractivity contribution in [3.63, 3.8) is 0 Å². The molecule has 1 aliphatic carbocycles. The number of esters is 1.